The zero-order valence-corrected chi connectivity index (χ0v) is 13.3. The maximum absolute atomic E-state index is 12.2. The summed E-state index contributed by atoms with van der Waals surface area (Å²) in [5.41, 5.74) is 0.281. The van der Waals surface area contributed by atoms with Gasteiger partial charge in [0.05, 0.1) is 0 Å². The fraction of sp³-hybridized carbons (Fsp3) is 0.667. The van der Waals surface area contributed by atoms with Crippen LogP contribution >= 0.6 is 0 Å². The van der Waals surface area contributed by atoms with Crippen molar-refractivity contribution in [2.75, 3.05) is 13.1 Å². The third-order valence-corrected chi connectivity index (χ3v) is 4.30. The van der Waals surface area contributed by atoms with E-state index >= 15 is 0 Å². The third-order valence-electron chi connectivity index (χ3n) is 4.30. The van der Waals surface area contributed by atoms with E-state index < -0.39 is 0 Å². The van der Waals surface area contributed by atoms with Crippen molar-refractivity contribution in [2.24, 2.45) is 13.0 Å². The van der Waals surface area contributed by atoms with Gasteiger partial charge in [0.2, 0.25) is 0 Å². The Kier molecular flexibility index (Phi) is 3.90. The van der Waals surface area contributed by atoms with Gasteiger partial charge in [-0.2, -0.15) is 0 Å². The first-order valence-corrected chi connectivity index (χ1v) is 7.89. The molecular formula is C15H23N5O2. The van der Waals surface area contributed by atoms with E-state index in [0.29, 0.717) is 29.5 Å². The van der Waals surface area contributed by atoms with Gasteiger partial charge in [0.1, 0.15) is 5.82 Å². The van der Waals surface area contributed by atoms with Crippen LogP contribution in [0.5, 0.6) is 0 Å². The molecule has 0 aromatic carbocycles. The normalized spacial score (nSPS) is 16.7. The number of aryl methyl sites for hydroxylation is 1. The van der Waals surface area contributed by atoms with E-state index in [9.17, 15) is 9.59 Å². The molecule has 0 atom stereocenters. The largest absolute Gasteiger partial charge is 0.330 e. The van der Waals surface area contributed by atoms with E-state index in [1.165, 1.54) is 0 Å². The lowest BCUT2D eigenvalue weighted by molar-refractivity contribution is 0.438. The highest BCUT2D eigenvalue weighted by Gasteiger charge is 2.24. The summed E-state index contributed by atoms with van der Waals surface area (Å²) in [6.07, 6.45) is 2.01. The van der Waals surface area contributed by atoms with Crippen LogP contribution in [0.4, 0.5) is 0 Å². The first-order chi connectivity index (χ1) is 10.5. The monoisotopic (exact) mass is 305 g/mol. The maximum Gasteiger partial charge on any atom is 0.330 e. The summed E-state index contributed by atoms with van der Waals surface area (Å²) in [5, 5.41) is 3.34. The molecule has 1 aliphatic heterocycles. The minimum atomic E-state index is -0.374. The van der Waals surface area contributed by atoms with Crippen LogP contribution in [-0.4, -0.2) is 32.2 Å². The van der Waals surface area contributed by atoms with Gasteiger partial charge in [0.15, 0.2) is 11.2 Å². The highest BCUT2D eigenvalue weighted by molar-refractivity contribution is 5.71. The van der Waals surface area contributed by atoms with Crippen LogP contribution in [0.25, 0.3) is 11.2 Å². The summed E-state index contributed by atoms with van der Waals surface area (Å²) in [7, 11) is 1.87. The zero-order valence-electron chi connectivity index (χ0n) is 13.3. The van der Waals surface area contributed by atoms with Crippen LogP contribution in [0, 0.1) is 5.92 Å². The molecule has 0 aliphatic carbocycles. The van der Waals surface area contributed by atoms with E-state index in [2.05, 4.69) is 15.3 Å². The Hall–Kier alpha value is -1.89. The molecule has 1 aliphatic rings. The molecule has 3 heterocycles. The predicted molar refractivity (Wildman–Crippen MR) is 85.3 cm³/mol. The lowest BCUT2D eigenvalue weighted by Gasteiger charge is -2.21. The minimum Gasteiger partial charge on any atom is -0.325 e. The zero-order chi connectivity index (χ0) is 15.9. The molecule has 0 radical (unpaired) electrons. The average Bonchev–Trinajstić information content (AvgIpc) is 2.82. The molecule has 0 bridgehead atoms. The molecule has 2 N–H and O–H groups in total. The molecule has 2 aromatic heterocycles. The Morgan fingerprint density at radius 3 is 2.59 bits per heavy atom. The standard InChI is InChI=1S/C15H23N5O2/c1-9(2)8-20-13-11(14(21)18-15(20)22)19(3)12(17-13)10-4-6-16-7-5-10/h9-10,16H,4-8H2,1-3H3,(H,18,21,22). The van der Waals surface area contributed by atoms with Crippen molar-refractivity contribution in [1.82, 2.24) is 24.4 Å². The molecule has 7 heteroatoms. The number of rotatable bonds is 3. The van der Waals surface area contributed by atoms with Crippen molar-refractivity contribution in [3.63, 3.8) is 0 Å². The van der Waals surface area contributed by atoms with E-state index in [1.807, 2.05) is 25.5 Å². The smallest absolute Gasteiger partial charge is 0.325 e. The first-order valence-electron chi connectivity index (χ1n) is 7.89. The molecule has 1 saturated heterocycles. The van der Waals surface area contributed by atoms with Gasteiger partial charge in [0.25, 0.3) is 5.56 Å². The summed E-state index contributed by atoms with van der Waals surface area (Å²) in [4.78, 5) is 31.5. The summed E-state index contributed by atoms with van der Waals surface area (Å²) >= 11 is 0. The second-order valence-electron chi connectivity index (χ2n) is 6.49. The van der Waals surface area contributed by atoms with Gasteiger partial charge in [0, 0.05) is 19.5 Å². The van der Waals surface area contributed by atoms with Crippen molar-refractivity contribution in [2.45, 2.75) is 39.2 Å². The van der Waals surface area contributed by atoms with Crippen molar-refractivity contribution >= 4 is 11.2 Å². The van der Waals surface area contributed by atoms with Gasteiger partial charge >= 0.3 is 5.69 Å². The number of aromatic nitrogens is 4. The Morgan fingerprint density at radius 2 is 1.95 bits per heavy atom. The molecule has 0 spiro atoms. The van der Waals surface area contributed by atoms with Gasteiger partial charge in [-0.05, 0) is 31.8 Å². The molecule has 22 heavy (non-hydrogen) atoms. The van der Waals surface area contributed by atoms with Gasteiger partial charge in [-0.1, -0.05) is 13.8 Å². The number of piperidine rings is 1. The molecule has 0 amide bonds. The first kappa shape index (κ1) is 15.0. The van der Waals surface area contributed by atoms with Crippen LogP contribution in [0.15, 0.2) is 9.59 Å². The van der Waals surface area contributed by atoms with Crippen LogP contribution in [-0.2, 0) is 13.6 Å². The fourth-order valence-electron chi connectivity index (χ4n) is 3.24. The van der Waals surface area contributed by atoms with Crippen molar-refractivity contribution < 1.29 is 0 Å². The van der Waals surface area contributed by atoms with E-state index in [0.717, 1.165) is 31.8 Å². The molecule has 0 unspecified atom stereocenters. The van der Waals surface area contributed by atoms with Gasteiger partial charge in [-0.3, -0.25) is 14.3 Å². The predicted octanol–water partition coefficient (Wildman–Crippen LogP) is 0.546. The van der Waals surface area contributed by atoms with Crippen LogP contribution < -0.4 is 16.6 Å². The Morgan fingerprint density at radius 1 is 1.27 bits per heavy atom. The lowest BCUT2D eigenvalue weighted by Crippen LogP contribution is -2.32. The van der Waals surface area contributed by atoms with E-state index in [4.69, 9.17) is 0 Å². The minimum absolute atomic E-state index is 0.302. The molecule has 1 fully saturated rings. The lowest BCUT2D eigenvalue weighted by atomic mass is 9.97. The van der Waals surface area contributed by atoms with Gasteiger partial charge in [-0.25, -0.2) is 9.78 Å². The summed E-state index contributed by atoms with van der Waals surface area (Å²) in [6.45, 7) is 6.56. The van der Waals surface area contributed by atoms with Gasteiger partial charge in [-0.15, -0.1) is 0 Å². The van der Waals surface area contributed by atoms with Crippen LogP contribution in [0.1, 0.15) is 38.4 Å². The van der Waals surface area contributed by atoms with Crippen molar-refractivity contribution in [3.05, 3.63) is 26.7 Å². The number of hydrogen-bond acceptors (Lipinski definition) is 4. The highest BCUT2D eigenvalue weighted by Crippen LogP contribution is 2.25. The Labute approximate surface area is 128 Å². The molecule has 0 saturated carbocycles. The average molecular weight is 305 g/mol. The third kappa shape index (κ3) is 2.49. The summed E-state index contributed by atoms with van der Waals surface area (Å²) in [5.74, 6) is 1.54. The fourth-order valence-corrected chi connectivity index (χ4v) is 3.24. The topological polar surface area (TPSA) is 84.7 Å². The van der Waals surface area contributed by atoms with E-state index in [-0.39, 0.29) is 11.2 Å². The number of nitrogens with zero attached hydrogens (tertiary/aromatic N) is 3. The number of aromatic amines is 1. The second kappa shape index (κ2) is 5.72. The van der Waals surface area contributed by atoms with E-state index in [1.54, 1.807) is 4.57 Å². The summed E-state index contributed by atoms with van der Waals surface area (Å²) in [6, 6.07) is 0. The van der Waals surface area contributed by atoms with Gasteiger partial charge < -0.3 is 9.88 Å². The van der Waals surface area contributed by atoms with Crippen LogP contribution in [0.2, 0.25) is 0 Å². The number of hydrogen-bond donors (Lipinski definition) is 2. The molecule has 7 nitrogen and oxygen atoms in total. The molecule has 2 aromatic rings. The van der Waals surface area contributed by atoms with Crippen LogP contribution in [0.3, 0.4) is 0 Å². The number of imidazole rings is 1. The van der Waals surface area contributed by atoms with Crippen molar-refractivity contribution in [3.8, 4) is 0 Å². The Balaban J connectivity index is 2.21. The number of nitrogens with one attached hydrogen (secondary N) is 2. The SMILES string of the molecule is CC(C)Cn1c(=O)[nH]c(=O)c2c1nc(C1CCNCC1)n2C. The second-order valence-corrected chi connectivity index (χ2v) is 6.49. The van der Waals surface area contributed by atoms with Crippen molar-refractivity contribution in [1.29, 1.82) is 0 Å². The molecule has 120 valence electrons. The number of fused-ring (bicyclic) bond motifs is 1. The maximum atomic E-state index is 12.2. The quantitative estimate of drug-likeness (QED) is 0.867. The molecule has 3 rings (SSSR count). The molecular weight excluding hydrogens is 282 g/mol. The Bertz CT molecular complexity index is 793. The number of H-pyrrole nitrogens is 1. The summed E-state index contributed by atoms with van der Waals surface area (Å²) < 4.78 is 3.45. The highest BCUT2D eigenvalue weighted by atomic mass is 16.2.